The van der Waals surface area contributed by atoms with Crippen molar-refractivity contribution < 1.29 is 18.7 Å². The van der Waals surface area contributed by atoms with E-state index in [4.69, 9.17) is 9.15 Å². The Kier molecular flexibility index (Phi) is 5.43. The molecule has 0 aliphatic rings. The first-order valence-corrected chi connectivity index (χ1v) is 8.37. The average Bonchev–Trinajstić information content (AvgIpc) is 3.31. The van der Waals surface area contributed by atoms with Gasteiger partial charge < -0.3 is 14.5 Å². The SMILES string of the molecule is O=C(NCCOc1ccccc1)c1coc(NC(=O)c2cccs2)n1. The van der Waals surface area contributed by atoms with Gasteiger partial charge in [-0.15, -0.1) is 11.3 Å². The Hall–Kier alpha value is -3.13. The van der Waals surface area contributed by atoms with Gasteiger partial charge in [-0.05, 0) is 23.6 Å². The lowest BCUT2D eigenvalue weighted by Gasteiger charge is -2.06. The van der Waals surface area contributed by atoms with Crippen molar-refractivity contribution in [2.75, 3.05) is 18.5 Å². The number of hydrogen-bond donors (Lipinski definition) is 2. The number of nitrogens with zero attached hydrogens (tertiary/aromatic N) is 1. The van der Waals surface area contributed by atoms with Gasteiger partial charge in [0, 0.05) is 0 Å². The fourth-order valence-corrected chi connectivity index (χ4v) is 2.56. The molecule has 2 aromatic heterocycles. The second-order valence-corrected chi connectivity index (χ2v) is 5.83. The molecule has 0 unspecified atom stereocenters. The molecule has 0 aliphatic heterocycles. The number of nitrogens with one attached hydrogen (secondary N) is 2. The molecule has 8 heteroatoms. The van der Waals surface area contributed by atoms with Crippen LogP contribution in [0.1, 0.15) is 20.2 Å². The molecule has 0 aliphatic carbocycles. The molecule has 2 amide bonds. The van der Waals surface area contributed by atoms with E-state index in [2.05, 4.69) is 15.6 Å². The van der Waals surface area contributed by atoms with Crippen molar-refractivity contribution >= 4 is 29.2 Å². The lowest BCUT2D eigenvalue weighted by atomic mass is 10.3. The zero-order valence-corrected chi connectivity index (χ0v) is 13.9. The fourth-order valence-electron chi connectivity index (χ4n) is 1.94. The van der Waals surface area contributed by atoms with E-state index < -0.39 is 5.91 Å². The smallest absolute Gasteiger partial charge is 0.302 e. The van der Waals surface area contributed by atoms with Gasteiger partial charge in [-0.2, -0.15) is 4.98 Å². The van der Waals surface area contributed by atoms with Crippen LogP contribution in [0.2, 0.25) is 0 Å². The highest BCUT2D eigenvalue weighted by Crippen LogP contribution is 2.13. The molecule has 0 spiro atoms. The Labute approximate surface area is 147 Å². The van der Waals surface area contributed by atoms with Crippen molar-refractivity contribution in [3.8, 4) is 5.75 Å². The van der Waals surface area contributed by atoms with E-state index in [1.54, 1.807) is 17.5 Å². The summed E-state index contributed by atoms with van der Waals surface area (Å²) in [5.74, 6) is -0.00568. The summed E-state index contributed by atoms with van der Waals surface area (Å²) in [4.78, 5) is 28.3. The van der Waals surface area contributed by atoms with Gasteiger partial charge in [0.05, 0.1) is 11.4 Å². The maximum Gasteiger partial charge on any atom is 0.302 e. The van der Waals surface area contributed by atoms with Crippen molar-refractivity contribution in [2.45, 2.75) is 0 Å². The highest BCUT2D eigenvalue weighted by Gasteiger charge is 2.15. The predicted molar refractivity (Wildman–Crippen MR) is 93.0 cm³/mol. The van der Waals surface area contributed by atoms with Gasteiger partial charge in [-0.1, -0.05) is 24.3 Å². The first-order valence-electron chi connectivity index (χ1n) is 7.49. The second-order valence-electron chi connectivity index (χ2n) is 4.89. The largest absolute Gasteiger partial charge is 0.492 e. The zero-order valence-electron chi connectivity index (χ0n) is 13.1. The standard InChI is InChI=1S/C17H15N3O4S/c21-15(18-8-9-23-12-5-2-1-3-6-12)13-11-24-17(19-13)20-16(22)14-7-4-10-25-14/h1-7,10-11H,8-9H2,(H,18,21)(H,19,20,22). The normalized spacial score (nSPS) is 10.2. The Morgan fingerprint density at radius 2 is 1.96 bits per heavy atom. The van der Waals surface area contributed by atoms with Crippen LogP contribution in [0.3, 0.4) is 0 Å². The summed E-state index contributed by atoms with van der Waals surface area (Å²) in [5.41, 5.74) is 0.0844. The quantitative estimate of drug-likeness (QED) is 0.634. The van der Waals surface area contributed by atoms with Crippen LogP contribution in [0, 0.1) is 0 Å². The van der Waals surface area contributed by atoms with Crippen molar-refractivity contribution in [1.29, 1.82) is 0 Å². The molecule has 0 saturated carbocycles. The van der Waals surface area contributed by atoms with Crippen LogP contribution in [-0.4, -0.2) is 29.9 Å². The third-order valence-corrected chi connectivity index (χ3v) is 3.97. The third-order valence-electron chi connectivity index (χ3n) is 3.10. The van der Waals surface area contributed by atoms with Crippen LogP contribution in [-0.2, 0) is 0 Å². The van der Waals surface area contributed by atoms with E-state index in [1.165, 1.54) is 17.6 Å². The number of thiophene rings is 1. The van der Waals surface area contributed by atoms with E-state index in [9.17, 15) is 9.59 Å². The Morgan fingerprint density at radius 1 is 1.12 bits per heavy atom. The average molecular weight is 357 g/mol. The topological polar surface area (TPSA) is 93.5 Å². The van der Waals surface area contributed by atoms with E-state index in [-0.39, 0.29) is 17.6 Å². The summed E-state index contributed by atoms with van der Waals surface area (Å²) >= 11 is 1.30. The fraction of sp³-hybridized carbons (Fsp3) is 0.118. The molecule has 0 bridgehead atoms. The summed E-state index contributed by atoms with van der Waals surface area (Å²) in [7, 11) is 0. The highest BCUT2D eigenvalue weighted by molar-refractivity contribution is 7.12. The van der Waals surface area contributed by atoms with Crippen LogP contribution in [0.4, 0.5) is 6.01 Å². The summed E-state index contributed by atoms with van der Waals surface area (Å²) in [6.07, 6.45) is 1.19. The molecule has 0 fully saturated rings. The molecule has 0 atom stereocenters. The Morgan fingerprint density at radius 3 is 2.72 bits per heavy atom. The maximum absolute atomic E-state index is 12.0. The zero-order chi connectivity index (χ0) is 17.5. The molecule has 1 aromatic carbocycles. The molecular formula is C17H15N3O4S. The van der Waals surface area contributed by atoms with Crippen molar-refractivity contribution in [3.05, 3.63) is 64.7 Å². The predicted octanol–water partition coefficient (Wildman–Crippen LogP) is 2.80. The monoisotopic (exact) mass is 357 g/mol. The summed E-state index contributed by atoms with van der Waals surface area (Å²) in [6, 6.07) is 12.7. The van der Waals surface area contributed by atoms with Crippen LogP contribution in [0.25, 0.3) is 0 Å². The minimum absolute atomic E-state index is 0.0240. The van der Waals surface area contributed by atoms with Gasteiger partial charge in [0.15, 0.2) is 5.69 Å². The number of carbonyl (C=O) groups is 2. The number of para-hydroxylation sites is 1. The van der Waals surface area contributed by atoms with Crippen LogP contribution < -0.4 is 15.4 Å². The van der Waals surface area contributed by atoms with Gasteiger partial charge in [0.1, 0.15) is 18.6 Å². The van der Waals surface area contributed by atoms with Crippen molar-refractivity contribution in [2.24, 2.45) is 0 Å². The number of hydrogen-bond acceptors (Lipinski definition) is 6. The van der Waals surface area contributed by atoms with E-state index in [1.807, 2.05) is 30.3 Å². The van der Waals surface area contributed by atoms with Gasteiger partial charge >= 0.3 is 6.01 Å². The number of aromatic nitrogens is 1. The van der Waals surface area contributed by atoms with E-state index in [0.29, 0.717) is 18.0 Å². The number of amides is 2. The van der Waals surface area contributed by atoms with Gasteiger partial charge in [0.25, 0.3) is 11.8 Å². The molecule has 3 rings (SSSR count). The molecule has 128 valence electrons. The third kappa shape index (κ3) is 4.67. The molecule has 2 N–H and O–H groups in total. The van der Waals surface area contributed by atoms with Crippen LogP contribution in [0.15, 0.2) is 58.5 Å². The first kappa shape index (κ1) is 16.7. The molecular weight excluding hydrogens is 342 g/mol. The molecule has 0 radical (unpaired) electrons. The molecule has 3 aromatic rings. The summed E-state index contributed by atoms with van der Waals surface area (Å²) in [6.45, 7) is 0.646. The number of carbonyl (C=O) groups excluding carboxylic acids is 2. The highest BCUT2D eigenvalue weighted by atomic mass is 32.1. The summed E-state index contributed by atoms with van der Waals surface area (Å²) in [5, 5.41) is 6.96. The Balaban J connectivity index is 1.45. The van der Waals surface area contributed by atoms with Gasteiger partial charge in [-0.3, -0.25) is 14.9 Å². The minimum Gasteiger partial charge on any atom is -0.492 e. The van der Waals surface area contributed by atoms with Crippen molar-refractivity contribution in [3.63, 3.8) is 0 Å². The molecule has 0 saturated heterocycles. The first-order chi connectivity index (χ1) is 12.2. The molecule has 25 heavy (non-hydrogen) atoms. The van der Waals surface area contributed by atoms with Crippen molar-refractivity contribution in [1.82, 2.24) is 10.3 Å². The molecule has 7 nitrogen and oxygen atoms in total. The number of anilines is 1. The lowest BCUT2D eigenvalue weighted by Crippen LogP contribution is -2.28. The second kappa shape index (κ2) is 8.11. The van der Waals surface area contributed by atoms with Crippen LogP contribution in [0.5, 0.6) is 5.75 Å². The maximum atomic E-state index is 12.0. The lowest BCUT2D eigenvalue weighted by molar-refractivity contribution is 0.0941. The number of oxazole rings is 1. The summed E-state index contributed by atoms with van der Waals surface area (Å²) < 4.78 is 10.6. The van der Waals surface area contributed by atoms with Gasteiger partial charge in [0.2, 0.25) is 0 Å². The Bertz CT molecular complexity index is 831. The number of rotatable bonds is 7. The van der Waals surface area contributed by atoms with Gasteiger partial charge in [-0.25, -0.2) is 0 Å². The van der Waals surface area contributed by atoms with E-state index >= 15 is 0 Å². The minimum atomic E-state index is -0.406. The number of benzene rings is 1. The van der Waals surface area contributed by atoms with Crippen LogP contribution >= 0.6 is 11.3 Å². The molecule has 2 heterocycles. The number of ether oxygens (including phenoxy) is 1. The van der Waals surface area contributed by atoms with E-state index in [0.717, 1.165) is 5.75 Å².